The van der Waals surface area contributed by atoms with Crippen molar-refractivity contribution in [2.75, 3.05) is 0 Å². The van der Waals surface area contributed by atoms with Gasteiger partial charge in [-0.2, -0.15) is 0 Å². The van der Waals surface area contributed by atoms with Gasteiger partial charge in [-0.15, -0.1) is 0 Å². The summed E-state index contributed by atoms with van der Waals surface area (Å²) in [6.07, 6.45) is 2.45. The van der Waals surface area contributed by atoms with Gasteiger partial charge in [0.2, 0.25) is 0 Å². The van der Waals surface area contributed by atoms with Crippen molar-refractivity contribution in [3.8, 4) is 0 Å². The second-order valence-electron chi connectivity index (χ2n) is 5.83. The molecule has 0 radical (unpaired) electrons. The van der Waals surface area contributed by atoms with E-state index < -0.39 is 0 Å². The molecule has 3 rings (SSSR count). The summed E-state index contributed by atoms with van der Waals surface area (Å²) in [5.74, 6) is 0.690. The Kier molecular flexibility index (Phi) is 4.82. The maximum Gasteiger partial charge on any atom is 0.0294 e. The molecule has 0 bridgehead atoms. The number of hydrogen-bond donors (Lipinski definition) is 1. The van der Waals surface area contributed by atoms with Gasteiger partial charge in [-0.25, -0.2) is 0 Å². The molecule has 1 saturated carbocycles. The van der Waals surface area contributed by atoms with Gasteiger partial charge < -0.3 is 5.32 Å². The van der Waals surface area contributed by atoms with E-state index in [-0.39, 0.29) is 0 Å². The number of hydrogen-bond acceptors (Lipinski definition) is 1. The Morgan fingerprint density at radius 1 is 1.00 bits per heavy atom. The molecule has 3 heteroatoms. The van der Waals surface area contributed by atoms with E-state index in [2.05, 4.69) is 92.6 Å². The lowest BCUT2D eigenvalue weighted by Crippen LogP contribution is -2.41. The third-order valence-electron chi connectivity index (χ3n) is 4.34. The fourth-order valence-electron chi connectivity index (χ4n) is 3.02. The Hall–Kier alpha value is -0.640. The van der Waals surface area contributed by atoms with Crippen molar-refractivity contribution in [3.63, 3.8) is 0 Å². The van der Waals surface area contributed by atoms with Crippen LogP contribution in [0, 0.1) is 0 Å². The molecule has 1 N–H and O–H groups in total. The zero-order valence-electron chi connectivity index (χ0n) is 12.0. The van der Waals surface area contributed by atoms with Gasteiger partial charge in [0.15, 0.2) is 0 Å². The zero-order valence-corrected chi connectivity index (χ0v) is 15.2. The predicted octanol–water partition coefficient (Wildman–Crippen LogP) is 5.81. The lowest BCUT2D eigenvalue weighted by atomic mass is 9.75. The van der Waals surface area contributed by atoms with Gasteiger partial charge in [0.05, 0.1) is 0 Å². The van der Waals surface area contributed by atoms with Crippen LogP contribution in [-0.4, -0.2) is 6.04 Å². The summed E-state index contributed by atoms with van der Waals surface area (Å²) >= 11 is 7.15. The maximum absolute atomic E-state index is 3.74. The van der Waals surface area contributed by atoms with Crippen molar-refractivity contribution in [1.29, 1.82) is 0 Å². The molecular formula is C18H19Br2N. The average Bonchev–Trinajstić information content (AvgIpc) is 2.44. The molecular weight excluding hydrogens is 390 g/mol. The van der Waals surface area contributed by atoms with Crippen molar-refractivity contribution in [3.05, 3.63) is 68.6 Å². The molecule has 1 fully saturated rings. The minimum absolute atomic E-state index is 0.406. The van der Waals surface area contributed by atoms with Crippen LogP contribution >= 0.6 is 31.9 Å². The molecule has 0 heterocycles. The van der Waals surface area contributed by atoms with Crippen molar-refractivity contribution >= 4 is 31.9 Å². The SMILES string of the molecule is C[C@H](NC1CC(c2ccccc2Br)C1)c1ccc(Br)cc1. The quantitative estimate of drug-likeness (QED) is 0.673. The first-order chi connectivity index (χ1) is 10.1. The normalized spacial score (nSPS) is 22.6. The topological polar surface area (TPSA) is 12.0 Å². The Labute approximate surface area is 143 Å². The van der Waals surface area contributed by atoms with Crippen LogP contribution in [0.25, 0.3) is 0 Å². The predicted molar refractivity (Wildman–Crippen MR) is 95.6 cm³/mol. The van der Waals surface area contributed by atoms with E-state index in [1.54, 1.807) is 0 Å². The fourth-order valence-corrected chi connectivity index (χ4v) is 3.89. The van der Waals surface area contributed by atoms with Gasteiger partial charge in [-0.05, 0) is 55.0 Å². The highest BCUT2D eigenvalue weighted by Gasteiger charge is 2.31. The van der Waals surface area contributed by atoms with Gasteiger partial charge in [-0.3, -0.25) is 0 Å². The molecule has 0 amide bonds. The molecule has 0 aliphatic heterocycles. The number of benzene rings is 2. The summed E-state index contributed by atoms with van der Waals surface area (Å²) in [5, 5.41) is 3.74. The Morgan fingerprint density at radius 3 is 2.33 bits per heavy atom. The van der Waals surface area contributed by atoms with Crippen LogP contribution in [0.1, 0.15) is 42.9 Å². The van der Waals surface area contributed by atoms with E-state index >= 15 is 0 Å². The van der Waals surface area contributed by atoms with E-state index in [0.717, 1.165) is 4.47 Å². The summed E-state index contributed by atoms with van der Waals surface area (Å²) in [6.45, 7) is 2.25. The van der Waals surface area contributed by atoms with Crippen molar-refractivity contribution in [2.45, 2.75) is 37.8 Å². The Morgan fingerprint density at radius 2 is 1.67 bits per heavy atom. The second-order valence-corrected chi connectivity index (χ2v) is 7.60. The van der Waals surface area contributed by atoms with Crippen molar-refractivity contribution in [2.24, 2.45) is 0 Å². The number of rotatable bonds is 4. The molecule has 0 unspecified atom stereocenters. The molecule has 1 atom stereocenters. The first kappa shape index (κ1) is 15.3. The monoisotopic (exact) mass is 407 g/mol. The minimum atomic E-state index is 0.406. The molecule has 0 spiro atoms. The van der Waals surface area contributed by atoms with Gasteiger partial charge in [0.1, 0.15) is 0 Å². The Bertz CT molecular complexity index is 603. The van der Waals surface area contributed by atoms with E-state index in [1.807, 2.05) is 0 Å². The molecule has 21 heavy (non-hydrogen) atoms. The highest BCUT2D eigenvalue weighted by atomic mass is 79.9. The smallest absolute Gasteiger partial charge is 0.0294 e. The molecule has 0 saturated heterocycles. The van der Waals surface area contributed by atoms with Crippen LogP contribution in [0.5, 0.6) is 0 Å². The average molecular weight is 409 g/mol. The minimum Gasteiger partial charge on any atom is -0.307 e. The third-order valence-corrected chi connectivity index (χ3v) is 5.59. The van der Waals surface area contributed by atoms with Crippen LogP contribution in [0.3, 0.4) is 0 Å². The molecule has 110 valence electrons. The lowest BCUT2D eigenvalue weighted by molar-refractivity contribution is 0.270. The van der Waals surface area contributed by atoms with E-state index in [9.17, 15) is 0 Å². The molecule has 1 aliphatic carbocycles. The highest BCUT2D eigenvalue weighted by Crippen LogP contribution is 2.40. The van der Waals surface area contributed by atoms with Crippen LogP contribution in [-0.2, 0) is 0 Å². The summed E-state index contributed by atoms with van der Waals surface area (Å²) in [6, 6.07) is 18.2. The van der Waals surface area contributed by atoms with Gasteiger partial charge >= 0.3 is 0 Å². The van der Waals surface area contributed by atoms with Crippen LogP contribution in [0.4, 0.5) is 0 Å². The second kappa shape index (κ2) is 6.64. The van der Waals surface area contributed by atoms with Gasteiger partial charge in [0.25, 0.3) is 0 Å². The van der Waals surface area contributed by atoms with Gasteiger partial charge in [0, 0.05) is 21.0 Å². The molecule has 1 aliphatic rings. The fraction of sp³-hybridized carbons (Fsp3) is 0.333. The van der Waals surface area contributed by atoms with Crippen molar-refractivity contribution in [1.82, 2.24) is 5.32 Å². The van der Waals surface area contributed by atoms with Crippen LogP contribution in [0.2, 0.25) is 0 Å². The van der Waals surface area contributed by atoms with E-state index in [1.165, 1.54) is 28.4 Å². The zero-order chi connectivity index (χ0) is 14.8. The molecule has 2 aromatic rings. The molecule has 0 aromatic heterocycles. The van der Waals surface area contributed by atoms with Crippen LogP contribution < -0.4 is 5.32 Å². The van der Waals surface area contributed by atoms with E-state index in [0.29, 0.717) is 18.0 Å². The number of halogens is 2. The summed E-state index contributed by atoms with van der Waals surface area (Å²) in [5.41, 5.74) is 2.80. The van der Waals surface area contributed by atoms with Crippen molar-refractivity contribution < 1.29 is 0 Å². The molecule has 2 aromatic carbocycles. The largest absolute Gasteiger partial charge is 0.307 e. The molecule has 1 nitrogen and oxygen atoms in total. The highest BCUT2D eigenvalue weighted by molar-refractivity contribution is 9.10. The third kappa shape index (κ3) is 3.58. The lowest BCUT2D eigenvalue weighted by Gasteiger charge is -2.38. The first-order valence-electron chi connectivity index (χ1n) is 7.39. The maximum atomic E-state index is 3.74. The Balaban J connectivity index is 1.55. The summed E-state index contributed by atoms with van der Waals surface area (Å²) < 4.78 is 2.38. The first-order valence-corrected chi connectivity index (χ1v) is 8.98. The summed E-state index contributed by atoms with van der Waals surface area (Å²) in [4.78, 5) is 0. The summed E-state index contributed by atoms with van der Waals surface area (Å²) in [7, 11) is 0. The van der Waals surface area contributed by atoms with Gasteiger partial charge in [-0.1, -0.05) is 62.2 Å². The van der Waals surface area contributed by atoms with E-state index in [4.69, 9.17) is 0 Å². The van der Waals surface area contributed by atoms with Crippen LogP contribution in [0.15, 0.2) is 57.5 Å². The standard InChI is InChI=1S/C18H19Br2N/c1-12(13-6-8-15(19)9-7-13)21-16-10-14(11-16)17-4-2-3-5-18(17)20/h2-9,12,14,16,21H,10-11H2,1H3/t12-,14?,16?/m0/s1. The number of nitrogens with one attached hydrogen (secondary N) is 1.